The van der Waals surface area contributed by atoms with E-state index in [1.165, 1.54) is 12.8 Å². The first-order valence-electron chi connectivity index (χ1n) is 14.8. The Labute approximate surface area is 242 Å². The predicted octanol–water partition coefficient (Wildman–Crippen LogP) is 5.01. The van der Waals surface area contributed by atoms with Gasteiger partial charge in [-0.15, -0.1) is 10.2 Å². The van der Waals surface area contributed by atoms with Gasteiger partial charge in [-0.1, -0.05) is 32.9 Å². The van der Waals surface area contributed by atoms with Crippen molar-refractivity contribution in [1.29, 1.82) is 5.26 Å². The fraction of sp³-hybridized carbons (Fsp3) is 0.531. The number of aryl methyl sites for hydroxylation is 1. The van der Waals surface area contributed by atoms with Crippen LogP contribution in [0.2, 0.25) is 0 Å². The number of anilines is 2. The minimum Gasteiger partial charge on any atom is -0.382 e. The van der Waals surface area contributed by atoms with Crippen LogP contribution in [-0.2, 0) is 24.4 Å². The van der Waals surface area contributed by atoms with Gasteiger partial charge in [0.15, 0.2) is 0 Å². The van der Waals surface area contributed by atoms with E-state index in [1.54, 1.807) is 6.33 Å². The number of nitriles is 1. The van der Waals surface area contributed by atoms with Crippen LogP contribution >= 0.6 is 0 Å². The molecule has 41 heavy (non-hydrogen) atoms. The summed E-state index contributed by atoms with van der Waals surface area (Å²) in [6.07, 6.45) is 6.40. The molecule has 2 aliphatic heterocycles. The Hall–Kier alpha value is -3.77. The van der Waals surface area contributed by atoms with Crippen molar-refractivity contribution in [3.8, 4) is 6.07 Å². The van der Waals surface area contributed by atoms with Gasteiger partial charge in [-0.3, -0.25) is 9.69 Å². The maximum Gasteiger partial charge on any atom is 0.274 e. The molecule has 3 aromatic rings. The zero-order chi connectivity index (χ0) is 28.8. The highest BCUT2D eigenvalue weighted by Gasteiger charge is 2.49. The fourth-order valence-electron chi connectivity index (χ4n) is 7.14. The second-order valence-corrected chi connectivity index (χ2v) is 13.1. The number of nitrogens with zero attached hydrogens (tertiary/aromatic N) is 6. The van der Waals surface area contributed by atoms with Gasteiger partial charge in [0.25, 0.3) is 5.91 Å². The van der Waals surface area contributed by atoms with E-state index in [-0.39, 0.29) is 16.7 Å². The number of benzene rings is 1. The van der Waals surface area contributed by atoms with Crippen molar-refractivity contribution in [1.82, 2.24) is 24.6 Å². The summed E-state index contributed by atoms with van der Waals surface area (Å²) in [5, 5.41) is 24.6. The van der Waals surface area contributed by atoms with Crippen LogP contribution in [0.5, 0.6) is 0 Å². The molecule has 1 aromatic carbocycles. The van der Waals surface area contributed by atoms with E-state index >= 15 is 0 Å². The van der Waals surface area contributed by atoms with Gasteiger partial charge in [-0.25, -0.2) is 4.98 Å². The number of likely N-dealkylation sites (tertiary alicyclic amines) is 1. The Morgan fingerprint density at radius 3 is 2.83 bits per heavy atom. The highest BCUT2D eigenvalue weighted by molar-refractivity contribution is 6.03. The van der Waals surface area contributed by atoms with Crippen molar-refractivity contribution >= 4 is 17.3 Å². The van der Waals surface area contributed by atoms with Gasteiger partial charge in [-0.05, 0) is 73.4 Å². The normalized spacial score (nSPS) is 25.0. The van der Waals surface area contributed by atoms with Gasteiger partial charge in [0.05, 0.1) is 22.9 Å². The van der Waals surface area contributed by atoms with E-state index in [0.29, 0.717) is 24.0 Å². The molecule has 2 aromatic heterocycles. The number of rotatable bonds is 7. The lowest BCUT2D eigenvalue weighted by atomic mass is 9.57. The SMILES string of the molecule is C[C@H]1CCCN(Cc2cc(C(=O)Nc3cccc(C4(c5nncn5C)CC(CC#N)C4)c3)nc3c2NCC3(C)C)C1. The molecular weight excluding hydrogens is 512 g/mol. The average Bonchev–Trinajstić information content (AvgIpc) is 3.48. The third kappa shape index (κ3) is 5.10. The Balaban J connectivity index is 1.28. The first-order chi connectivity index (χ1) is 19.7. The van der Waals surface area contributed by atoms with Crippen LogP contribution in [0.4, 0.5) is 11.4 Å². The van der Waals surface area contributed by atoms with Crippen LogP contribution in [0.1, 0.15) is 86.0 Å². The molecule has 1 aliphatic carbocycles. The van der Waals surface area contributed by atoms with Gasteiger partial charge in [-0.2, -0.15) is 5.26 Å². The number of hydrogen-bond acceptors (Lipinski definition) is 7. The van der Waals surface area contributed by atoms with Crippen LogP contribution in [0.25, 0.3) is 0 Å². The third-order valence-corrected chi connectivity index (χ3v) is 9.28. The molecule has 9 nitrogen and oxygen atoms in total. The molecule has 0 spiro atoms. The predicted molar refractivity (Wildman–Crippen MR) is 159 cm³/mol. The minimum atomic E-state index is -0.326. The van der Waals surface area contributed by atoms with E-state index in [0.717, 1.165) is 73.0 Å². The minimum absolute atomic E-state index is 0.151. The van der Waals surface area contributed by atoms with E-state index in [4.69, 9.17) is 4.98 Å². The lowest BCUT2D eigenvalue weighted by Gasteiger charge is -2.46. The number of carbonyl (C=O) groups is 1. The topological polar surface area (TPSA) is 112 Å². The van der Waals surface area contributed by atoms with Crippen LogP contribution in [0, 0.1) is 23.2 Å². The summed E-state index contributed by atoms with van der Waals surface area (Å²) in [7, 11) is 1.96. The highest BCUT2D eigenvalue weighted by atomic mass is 16.1. The van der Waals surface area contributed by atoms with E-state index < -0.39 is 0 Å². The summed E-state index contributed by atoms with van der Waals surface area (Å²) in [6.45, 7) is 10.5. The molecule has 214 valence electrons. The van der Waals surface area contributed by atoms with Gasteiger partial charge in [0.2, 0.25) is 0 Å². The highest BCUT2D eigenvalue weighted by Crippen LogP contribution is 2.53. The van der Waals surface area contributed by atoms with Crippen molar-refractivity contribution in [2.24, 2.45) is 18.9 Å². The van der Waals surface area contributed by atoms with Crippen molar-refractivity contribution < 1.29 is 4.79 Å². The zero-order valence-electron chi connectivity index (χ0n) is 24.6. The smallest absolute Gasteiger partial charge is 0.274 e. The average molecular weight is 553 g/mol. The second-order valence-electron chi connectivity index (χ2n) is 13.1. The molecule has 9 heteroatoms. The molecule has 6 rings (SSSR count). The largest absolute Gasteiger partial charge is 0.382 e. The number of carbonyl (C=O) groups excluding carboxylic acids is 1. The van der Waals surface area contributed by atoms with Crippen molar-refractivity contribution in [3.05, 3.63) is 65.0 Å². The third-order valence-electron chi connectivity index (χ3n) is 9.28. The first-order valence-corrected chi connectivity index (χ1v) is 14.8. The van der Waals surface area contributed by atoms with E-state index in [1.807, 2.05) is 35.9 Å². The molecule has 1 saturated heterocycles. The summed E-state index contributed by atoms with van der Waals surface area (Å²) in [4.78, 5) is 21.1. The number of nitrogens with one attached hydrogen (secondary N) is 2. The number of hydrogen-bond donors (Lipinski definition) is 2. The molecule has 1 saturated carbocycles. The van der Waals surface area contributed by atoms with Crippen molar-refractivity contribution in [2.45, 2.75) is 70.3 Å². The standard InChI is InChI=1S/C32H40N8O/c1-21-7-6-12-40(17-21)18-23-13-26(37-28-27(23)34-19-31(28,2)3)29(41)36-25-9-5-8-24(14-25)32(15-22(16-32)10-11-33)30-38-35-20-39(30)4/h5,8-9,13-14,20-22,34H,6-7,10,12,15-19H2,1-4H3,(H,36,41)/t21-,22?,32?/m0/s1. The molecule has 3 aliphatic rings. The monoisotopic (exact) mass is 552 g/mol. The number of pyridine rings is 1. The summed E-state index contributed by atoms with van der Waals surface area (Å²) in [5.74, 6) is 1.70. The number of aromatic nitrogens is 4. The molecule has 0 radical (unpaired) electrons. The number of amides is 1. The summed E-state index contributed by atoms with van der Waals surface area (Å²) < 4.78 is 1.96. The van der Waals surface area contributed by atoms with E-state index in [9.17, 15) is 10.1 Å². The molecule has 0 bridgehead atoms. The van der Waals surface area contributed by atoms with Gasteiger partial charge in [0, 0.05) is 44.2 Å². The maximum atomic E-state index is 13.7. The molecule has 2 fully saturated rings. The molecule has 4 heterocycles. The Bertz CT molecular complexity index is 1500. The maximum absolute atomic E-state index is 13.7. The van der Waals surface area contributed by atoms with Gasteiger partial charge in [0.1, 0.15) is 17.8 Å². The lowest BCUT2D eigenvalue weighted by Crippen LogP contribution is -2.44. The summed E-state index contributed by atoms with van der Waals surface area (Å²) in [6, 6.07) is 12.3. The molecule has 1 amide bonds. The number of fused-ring (bicyclic) bond motifs is 1. The van der Waals surface area contributed by atoms with Crippen LogP contribution in [-0.4, -0.2) is 50.2 Å². The summed E-state index contributed by atoms with van der Waals surface area (Å²) >= 11 is 0. The Morgan fingerprint density at radius 2 is 2.10 bits per heavy atom. The van der Waals surface area contributed by atoms with E-state index in [2.05, 4.69) is 58.6 Å². The number of piperidine rings is 1. The second kappa shape index (κ2) is 10.6. The lowest BCUT2D eigenvalue weighted by molar-refractivity contribution is 0.102. The molecular formula is C32H40N8O. The van der Waals surface area contributed by atoms with Gasteiger partial charge >= 0.3 is 0 Å². The Morgan fingerprint density at radius 1 is 1.27 bits per heavy atom. The summed E-state index contributed by atoms with van der Waals surface area (Å²) in [5.41, 5.74) is 4.99. The molecule has 0 unspecified atom stereocenters. The van der Waals surface area contributed by atoms with Crippen LogP contribution in [0.15, 0.2) is 36.7 Å². The fourth-order valence-corrected chi connectivity index (χ4v) is 7.14. The molecule has 2 N–H and O–H groups in total. The Kier molecular flexibility index (Phi) is 7.06. The van der Waals surface area contributed by atoms with Gasteiger partial charge < -0.3 is 15.2 Å². The van der Waals surface area contributed by atoms with Crippen LogP contribution < -0.4 is 10.6 Å². The van der Waals surface area contributed by atoms with Crippen molar-refractivity contribution in [2.75, 3.05) is 30.3 Å². The van der Waals surface area contributed by atoms with Crippen LogP contribution in [0.3, 0.4) is 0 Å². The zero-order valence-corrected chi connectivity index (χ0v) is 24.6. The molecule has 1 atom stereocenters. The quantitative estimate of drug-likeness (QED) is 0.424. The van der Waals surface area contributed by atoms with Crippen molar-refractivity contribution in [3.63, 3.8) is 0 Å². The first kappa shape index (κ1) is 27.4.